The van der Waals surface area contributed by atoms with Gasteiger partial charge in [-0.15, -0.1) is 0 Å². The number of hydrogen-bond donors (Lipinski definition) is 2. The van der Waals surface area contributed by atoms with Gasteiger partial charge in [-0.25, -0.2) is 0 Å². The zero-order valence-electron chi connectivity index (χ0n) is 13.8. The number of aliphatic hydroxyl groups is 1. The highest BCUT2D eigenvalue weighted by Gasteiger charge is 2.18. The van der Waals surface area contributed by atoms with Crippen LogP contribution in [0.4, 0.5) is 0 Å². The molecule has 2 N–H and O–H groups in total. The first-order valence-corrected chi connectivity index (χ1v) is 8.79. The van der Waals surface area contributed by atoms with E-state index in [1.165, 1.54) is 0 Å². The van der Waals surface area contributed by atoms with Crippen molar-refractivity contribution in [1.82, 2.24) is 15.0 Å². The van der Waals surface area contributed by atoms with Gasteiger partial charge < -0.3 is 14.9 Å². The number of rotatable bonds is 8. The van der Waals surface area contributed by atoms with Gasteiger partial charge in [0.25, 0.3) is 5.91 Å². The zero-order chi connectivity index (χ0) is 16.8. The minimum atomic E-state index is -0.0766. The fraction of sp³-hybridized carbons (Fsp3) is 0.500. The standard InChI is InChI=1S/C16H23N3O3S/c1-11-9-14(16(21)17-5-8-23-7-4-6-20)13(3)19(11)15-10-12(2)22-18-15/h9-10,20H,4-8H2,1-3H3,(H,17,21). The Kier molecular flexibility index (Phi) is 6.29. The molecule has 0 aliphatic heterocycles. The maximum Gasteiger partial charge on any atom is 0.253 e. The van der Waals surface area contributed by atoms with Crippen molar-refractivity contribution in [1.29, 1.82) is 0 Å². The second-order valence-electron chi connectivity index (χ2n) is 5.36. The van der Waals surface area contributed by atoms with Crippen molar-refractivity contribution in [2.45, 2.75) is 27.2 Å². The Morgan fingerprint density at radius 3 is 2.78 bits per heavy atom. The Morgan fingerprint density at radius 1 is 1.35 bits per heavy atom. The third-order valence-corrected chi connectivity index (χ3v) is 4.57. The summed E-state index contributed by atoms with van der Waals surface area (Å²) in [6.07, 6.45) is 0.789. The van der Waals surface area contributed by atoms with Crippen LogP contribution in [0.25, 0.3) is 5.82 Å². The smallest absolute Gasteiger partial charge is 0.253 e. The molecular weight excluding hydrogens is 314 g/mol. The molecule has 2 aromatic rings. The van der Waals surface area contributed by atoms with Gasteiger partial charge in [-0.3, -0.25) is 9.36 Å². The van der Waals surface area contributed by atoms with Gasteiger partial charge >= 0.3 is 0 Å². The fourth-order valence-electron chi connectivity index (χ4n) is 2.40. The van der Waals surface area contributed by atoms with Crippen LogP contribution in [0.1, 0.15) is 33.9 Å². The molecule has 0 aliphatic rings. The number of carbonyl (C=O) groups is 1. The summed E-state index contributed by atoms with van der Waals surface area (Å²) in [7, 11) is 0. The molecule has 2 rings (SSSR count). The van der Waals surface area contributed by atoms with Crippen LogP contribution in [0.3, 0.4) is 0 Å². The Bertz CT molecular complexity index is 664. The summed E-state index contributed by atoms with van der Waals surface area (Å²) in [4.78, 5) is 12.3. The average Bonchev–Trinajstić information content (AvgIpc) is 3.06. The lowest BCUT2D eigenvalue weighted by Crippen LogP contribution is -2.26. The van der Waals surface area contributed by atoms with E-state index < -0.39 is 0 Å². The van der Waals surface area contributed by atoms with Crippen LogP contribution in [-0.2, 0) is 0 Å². The topological polar surface area (TPSA) is 80.3 Å². The second-order valence-corrected chi connectivity index (χ2v) is 6.59. The molecule has 0 unspecified atom stereocenters. The molecule has 126 valence electrons. The molecule has 0 bridgehead atoms. The van der Waals surface area contributed by atoms with Crippen molar-refractivity contribution in [3.63, 3.8) is 0 Å². The van der Waals surface area contributed by atoms with E-state index in [0.717, 1.165) is 35.1 Å². The van der Waals surface area contributed by atoms with Crippen LogP contribution in [0.2, 0.25) is 0 Å². The molecule has 0 radical (unpaired) electrons. The minimum absolute atomic E-state index is 0.0766. The van der Waals surface area contributed by atoms with Crippen LogP contribution < -0.4 is 5.32 Å². The zero-order valence-corrected chi connectivity index (χ0v) is 14.6. The summed E-state index contributed by atoms with van der Waals surface area (Å²) in [6.45, 7) is 6.52. The third kappa shape index (κ3) is 4.39. The number of thioether (sulfide) groups is 1. The molecule has 0 spiro atoms. The first-order chi connectivity index (χ1) is 11.0. The molecule has 7 heteroatoms. The predicted octanol–water partition coefficient (Wildman–Crippen LogP) is 2.24. The molecule has 2 heterocycles. The molecule has 2 aromatic heterocycles. The van der Waals surface area contributed by atoms with Gasteiger partial charge in [-0.1, -0.05) is 5.16 Å². The molecule has 0 saturated carbocycles. The van der Waals surface area contributed by atoms with Crippen LogP contribution in [0, 0.1) is 20.8 Å². The van der Waals surface area contributed by atoms with Crippen molar-refractivity contribution in [2.75, 3.05) is 24.7 Å². The lowest BCUT2D eigenvalue weighted by Gasteiger charge is -2.06. The summed E-state index contributed by atoms with van der Waals surface area (Å²) in [5, 5.41) is 15.7. The van der Waals surface area contributed by atoms with Crippen molar-refractivity contribution < 1.29 is 14.4 Å². The number of nitrogens with zero attached hydrogens (tertiary/aromatic N) is 2. The highest BCUT2D eigenvalue weighted by atomic mass is 32.2. The monoisotopic (exact) mass is 337 g/mol. The summed E-state index contributed by atoms with van der Waals surface area (Å²) in [6, 6.07) is 3.72. The van der Waals surface area contributed by atoms with E-state index in [1.807, 2.05) is 37.5 Å². The Balaban J connectivity index is 1.99. The van der Waals surface area contributed by atoms with Crippen molar-refractivity contribution in [3.05, 3.63) is 34.8 Å². The normalized spacial score (nSPS) is 11.0. The molecular formula is C16H23N3O3S. The molecule has 0 saturated heterocycles. The second kappa shape index (κ2) is 8.21. The third-order valence-electron chi connectivity index (χ3n) is 3.50. The molecule has 0 aromatic carbocycles. The molecule has 0 atom stereocenters. The van der Waals surface area contributed by atoms with E-state index in [-0.39, 0.29) is 12.5 Å². The number of hydrogen-bond acceptors (Lipinski definition) is 5. The van der Waals surface area contributed by atoms with Gasteiger partial charge in [0.1, 0.15) is 5.76 Å². The summed E-state index contributed by atoms with van der Waals surface area (Å²) >= 11 is 1.72. The maximum absolute atomic E-state index is 12.3. The summed E-state index contributed by atoms with van der Waals surface area (Å²) in [5.41, 5.74) is 2.45. The molecule has 0 fully saturated rings. The fourth-order valence-corrected chi connectivity index (χ4v) is 3.19. The molecule has 0 aliphatic carbocycles. The van der Waals surface area contributed by atoms with Crippen molar-refractivity contribution in [2.24, 2.45) is 0 Å². The van der Waals surface area contributed by atoms with Gasteiger partial charge in [-0.2, -0.15) is 11.8 Å². The number of aliphatic hydroxyl groups excluding tert-OH is 1. The van der Waals surface area contributed by atoms with E-state index in [2.05, 4.69) is 10.5 Å². The summed E-state index contributed by atoms with van der Waals surface area (Å²) < 4.78 is 7.04. The van der Waals surface area contributed by atoms with E-state index in [9.17, 15) is 4.79 Å². The van der Waals surface area contributed by atoms with E-state index in [4.69, 9.17) is 9.63 Å². The van der Waals surface area contributed by atoms with Crippen molar-refractivity contribution in [3.8, 4) is 5.82 Å². The van der Waals surface area contributed by atoms with Crippen LogP contribution in [0.15, 0.2) is 16.7 Å². The summed E-state index contributed by atoms with van der Waals surface area (Å²) in [5.74, 6) is 3.10. The number of nitrogens with one attached hydrogen (secondary N) is 1. The molecule has 1 amide bonds. The van der Waals surface area contributed by atoms with E-state index in [1.54, 1.807) is 11.8 Å². The largest absolute Gasteiger partial charge is 0.396 e. The maximum atomic E-state index is 12.3. The lowest BCUT2D eigenvalue weighted by molar-refractivity contribution is 0.0955. The Labute approximate surface area is 140 Å². The number of aromatic nitrogens is 2. The first kappa shape index (κ1) is 17.6. The van der Waals surface area contributed by atoms with Gasteiger partial charge in [0.2, 0.25) is 0 Å². The van der Waals surface area contributed by atoms with Gasteiger partial charge in [-0.05, 0) is 39.0 Å². The Morgan fingerprint density at radius 2 is 2.13 bits per heavy atom. The number of carbonyl (C=O) groups excluding carboxylic acids is 1. The predicted molar refractivity (Wildman–Crippen MR) is 91.4 cm³/mol. The average molecular weight is 337 g/mol. The Hall–Kier alpha value is -1.73. The van der Waals surface area contributed by atoms with Crippen LogP contribution >= 0.6 is 11.8 Å². The number of aryl methyl sites for hydroxylation is 2. The van der Waals surface area contributed by atoms with Crippen molar-refractivity contribution >= 4 is 17.7 Å². The van der Waals surface area contributed by atoms with Gasteiger partial charge in [0, 0.05) is 36.4 Å². The number of amides is 1. The van der Waals surface area contributed by atoms with E-state index in [0.29, 0.717) is 17.9 Å². The highest BCUT2D eigenvalue weighted by molar-refractivity contribution is 7.99. The van der Waals surface area contributed by atoms with Gasteiger partial charge in [0.15, 0.2) is 5.82 Å². The minimum Gasteiger partial charge on any atom is -0.396 e. The van der Waals surface area contributed by atoms with Crippen LogP contribution in [0.5, 0.6) is 0 Å². The SMILES string of the molecule is Cc1cc(-n2c(C)cc(C(=O)NCCSCCCO)c2C)no1. The van der Waals surface area contributed by atoms with Crippen LogP contribution in [-0.4, -0.2) is 45.4 Å². The first-order valence-electron chi connectivity index (χ1n) is 7.64. The highest BCUT2D eigenvalue weighted by Crippen LogP contribution is 2.20. The molecule has 6 nitrogen and oxygen atoms in total. The molecule has 23 heavy (non-hydrogen) atoms. The van der Waals surface area contributed by atoms with Gasteiger partial charge in [0.05, 0.1) is 5.56 Å². The lowest BCUT2D eigenvalue weighted by atomic mass is 10.2. The van der Waals surface area contributed by atoms with E-state index >= 15 is 0 Å². The quantitative estimate of drug-likeness (QED) is 0.722.